The minimum absolute atomic E-state index is 0.582. The Balaban J connectivity index is 1.97. The first-order chi connectivity index (χ1) is 4.47. The molecule has 0 unspecified atom stereocenters. The van der Waals surface area contributed by atoms with Gasteiger partial charge in [0.1, 0.15) is 0 Å². The Morgan fingerprint density at radius 1 is 1.00 bits per heavy atom. The molecule has 2 atom stereocenters. The van der Waals surface area contributed by atoms with Crippen LogP contribution < -0.4 is 10.6 Å². The molecule has 2 heterocycles. The van der Waals surface area contributed by atoms with E-state index in [2.05, 4.69) is 10.6 Å². The van der Waals surface area contributed by atoms with Gasteiger partial charge >= 0.3 is 0 Å². The van der Waals surface area contributed by atoms with Crippen molar-refractivity contribution in [3.05, 3.63) is 0 Å². The second-order valence-corrected chi connectivity index (χ2v) is 2.66. The minimum atomic E-state index is 0.582. The molecule has 9 heavy (non-hydrogen) atoms. The van der Waals surface area contributed by atoms with E-state index in [1.165, 1.54) is 0 Å². The van der Waals surface area contributed by atoms with Crippen LogP contribution in [0.3, 0.4) is 0 Å². The fraction of sp³-hybridized carbons (Fsp3) is 1.00. The van der Waals surface area contributed by atoms with Crippen molar-refractivity contribution in [2.24, 2.45) is 0 Å². The summed E-state index contributed by atoms with van der Waals surface area (Å²) in [5, 5.41) is 6.79. The number of piperazine rings is 1. The van der Waals surface area contributed by atoms with Gasteiger partial charge in [0, 0.05) is 25.2 Å². The Morgan fingerprint density at radius 2 is 1.56 bits per heavy atom. The van der Waals surface area contributed by atoms with E-state index in [1.54, 1.807) is 0 Å². The summed E-state index contributed by atoms with van der Waals surface area (Å²) >= 11 is 0. The molecule has 2 aliphatic rings. The highest BCUT2D eigenvalue weighted by atomic mass is 16.5. The van der Waals surface area contributed by atoms with Gasteiger partial charge in [-0.25, -0.2) is 0 Å². The summed E-state index contributed by atoms with van der Waals surface area (Å²) < 4.78 is 5.27. The van der Waals surface area contributed by atoms with Crippen LogP contribution in [0.25, 0.3) is 0 Å². The maximum Gasteiger partial charge on any atom is 0.0636 e. The van der Waals surface area contributed by atoms with Gasteiger partial charge in [-0.15, -0.1) is 0 Å². The molecule has 0 aromatic carbocycles. The quantitative estimate of drug-likeness (QED) is 0.436. The lowest BCUT2D eigenvalue weighted by Gasteiger charge is -2.25. The third kappa shape index (κ3) is 0.956. The molecule has 3 nitrogen and oxygen atoms in total. The lowest BCUT2D eigenvalue weighted by atomic mass is 10.1. The van der Waals surface area contributed by atoms with E-state index in [9.17, 15) is 0 Å². The Morgan fingerprint density at radius 3 is 2.11 bits per heavy atom. The molecule has 52 valence electrons. The zero-order valence-electron chi connectivity index (χ0n) is 5.39. The number of hydrogen-bond donors (Lipinski definition) is 2. The van der Waals surface area contributed by atoms with Gasteiger partial charge in [0.25, 0.3) is 0 Å². The molecule has 0 amide bonds. The summed E-state index contributed by atoms with van der Waals surface area (Å²) in [6.07, 6.45) is 0. The smallest absolute Gasteiger partial charge is 0.0636 e. The highest BCUT2D eigenvalue weighted by Gasteiger charge is 2.29. The van der Waals surface area contributed by atoms with Crippen molar-refractivity contribution in [3.8, 4) is 0 Å². The largest absolute Gasteiger partial charge is 0.378 e. The Labute approximate surface area is 54.8 Å². The molecule has 0 radical (unpaired) electrons. The predicted octanol–water partition coefficient (Wildman–Crippen LogP) is -1.05. The zero-order valence-corrected chi connectivity index (χ0v) is 5.39. The van der Waals surface area contributed by atoms with Crippen molar-refractivity contribution < 1.29 is 4.74 Å². The minimum Gasteiger partial charge on any atom is -0.378 e. The van der Waals surface area contributed by atoms with Crippen LogP contribution in [0.15, 0.2) is 0 Å². The van der Waals surface area contributed by atoms with Gasteiger partial charge in [-0.1, -0.05) is 0 Å². The lowest BCUT2D eigenvalue weighted by Crippen LogP contribution is -2.55. The Bertz CT molecular complexity index is 95.2. The molecule has 0 aliphatic carbocycles. The average Bonchev–Trinajstić information content (AvgIpc) is 2.33. The van der Waals surface area contributed by atoms with Gasteiger partial charge in [0.05, 0.1) is 13.2 Å². The maximum absolute atomic E-state index is 5.27. The van der Waals surface area contributed by atoms with Crippen LogP contribution >= 0.6 is 0 Å². The number of rotatable bonds is 0. The molecule has 0 aromatic rings. The van der Waals surface area contributed by atoms with E-state index in [0.29, 0.717) is 12.1 Å². The van der Waals surface area contributed by atoms with E-state index >= 15 is 0 Å². The van der Waals surface area contributed by atoms with Gasteiger partial charge in [-0.2, -0.15) is 0 Å². The third-order valence-electron chi connectivity index (χ3n) is 2.02. The van der Waals surface area contributed by atoms with Crippen LogP contribution in [0.5, 0.6) is 0 Å². The summed E-state index contributed by atoms with van der Waals surface area (Å²) in [4.78, 5) is 0. The number of hydrogen-bond acceptors (Lipinski definition) is 3. The van der Waals surface area contributed by atoms with Crippen molar-refractivity contribution in [3.63, 3.8) is 0 Å². The summed E-state index contributed by atoms with van der Waals surface area (Å²) in [6, 6.07) is 1.16. The van der Waals surface area contributed by atoms with Gasteiger partial charge in [0.15, 0.2) is 0 Å². The van der Waals surface area contributed by atoms with Crippen molar-refractivity contribution in [2.45, 2.75) is 12.1 Å². The molecule has 2 aliphatic heterocycles. The molecular formula is C6H12N2O. The van der Waals surface area contributed by atoms with Gasteiger partial charge in [0.2, 0.25) is 0 Å². The van der Waals surface area contributed by atoms with Crippen LogP contribution in [-0.2, 0) is 4.74 Å². The van der Waals surface area contributed by atoms with Crippen molar-refractivity contribution >= 4 is 0 Å². The van der Waals surface area contributed by atoms with Crippen molar-refractivity contribution in [1.29, 1.82) is 0 Å². The van der Waals surface area contributed by atoms with Crippen molar-refractivity contribution in [1.82, 2.24) is 10.6 Å². The number of fused-ring (bicyclic) bond motifs is 1. The highest BCUT2D eigenvalue weighted by Crippen LogP contribution is 2.06. The standard InChI is InChI=1S/C6H12N2O/c1-2-8-6-4-9-3-5(6)7-1/h5-8H,1-4H2/t5-,6-/m0/s1. The second-order valence-electron chi connectivity index (χ2n) is 2.66. The molecule has 2 N–H and O–H groups in total. The first kappa shape index (κ1) is 5.65. The van der Waals surface area contributed by atoms with Crippen LogP contribution in [0, 0.1) is 0 Å². The summed E-state index contributed by atoms with van der Waals surface area (Å²) in [6.45, 7) is 3.95. The molecule has 0 spiro atoms. The molecule has 3 heteroatoms. The van der Waals surface area contributed by atoms with E-state index in [0.717, 1.165) is 26.3 Å². The summed E-state index contributed by atoms with van der Waals surface area (Å²) in [5.41, 5.74) is 0. The Kier molecular flexibility index (Phi) is 1.41. The van der Waals surface area contributed by atoms with E-state index in [4.69, 9.17) is 4.74 Å². The van der Waals surface area contributed by atoms with Crippen LogP contribution in [0.4, 0.5) is 0 Å². The van der Waals surface area contributed by atoms with Crippen LogP contribution in [0.2, 0.25) is 0 Å². The maximum atomic E-state index is 5.27. The zero-order chi connectivity index (χ0) is 6.10. The van der Waals surface area contributed by atoms with E-state index in [-0.39, 0.29) is 0 Å². The molecule has 2 rings (SSSR count). The number of ether oxygens (including phenoxy) is 1. The molecule has 0 saturated carbocycles. The summed E-state index contributed by atoms with van der Waals surface area (Å²) in [7, 11) is 0. The van der Waals surface area contributed by atoms with Crippen LogP contribution in [0.1, 0.15) is 0 Å². The molecule has 0 bridgehead atoms. The molecular weight excluding hydrogens is 116 g/mol. The lowest BCUT2D eigenvalue weighted by molar-refractivity contribution is 0.188. The van der Waals surface area contributed by atoms with Gasteiger partial charge in [-0.05, 0) is 0 Å². The Hall–Kier alpha value is -0.120. The fourth-order valence-electron chi connectivity index (χ4n) is 1.47. The average molecular weight is 128 g/mol. The van der Waals surface area contributed by atoms with Gasteiger partial charge in [-0.3, -0.25) is 0 Å². The predicted molar refractivity (Wildman–Crippen MR) is 34.4 cm³/mol. The SMILES string of the molecule is C1CN[C@H]2COC[C@@H]2N1. The first-order valence-electron chi connectivity index (χ1n) is 3.51. The molecule has 0 aromatic heterocycles. The molecule has 2 saturated heterocycles. The molecule has 2 fully saturated rings. The third-order valence-corrected chi connectivity index (χ3v) is 2.02. The number of nitrogens with one attached hydrogen (secondary N) is 2. The van der Waals surface area contributed by atoms with Crippen molar-refractivity contribution in [2.75, 3.05) is 26.3 Å². The van der Waals surface area contributed by atoms with Gasteiger partial charge < -0.3 is 15.4 Å². The topological polar surface area (TPSA) is 33.3 Å². The van der Waals surface area contributed by atoms with Crippen LogP contribution in [-0.4, -0.2) is 38.4 Å². The van der Waals surface area contributed by atoms with E-state index in [1.807, 2.05) is 0 Å². The normalized spacial score (nSPS) is 42.7. The van der Waals surface area contributed by atoms with E-state index < -0.39 is 0 Å². The summed E-state index contributed by atoms with van der Waals surface area (Å²) in [5.74, 6) is 0. The first-order valence-corrected chi connectivity index (χ1v) is 3.51. The monoisotopic (exact) mass is 128 g/mol. The highest BCUT2D eigenvalue weighted by molar-refractivity contribution is 4.90. The second kappa shape index (κ2) is 2.25. The fourth-order valence-corrected chi connectivity index (χ4v) is 1.47.